The molecular formula is C13H17ClN4S. The molecule has 102 valence electrons. The van der Waals surface area contributed by atoms with E-state index in [1.165, 1.54) is 0 Å². The lowest BCUT2D eigenvalue weighted by Gasteiger charge is -2.04. The molecule has 19 heavy (non-hydrogen) atoms. The van der Waals surface area contributed by atoms with Crippen molar-refractivity contribution in [1.29, 1.82) is 0 Å². The maximum Gasteiger partial charge on any atom is 0.203 e. The van der Waals surface area contributed by atoms with E-state index in [0.29, 0.717) is 0 Å². The standard InChI is InChI=1S/C13H17ClN4S/c1-17(2)9-8-15-13-18(3)16-12(19-13)10-4-6-11(14)7-5-10/h4-7H,8-9H2,1-3H3/b15-13+. The van der Waals surface area contributed by atoms with Crippen molar-refractivity contribution in [2.45, 2.75) is 0 Å². The van der Waals surface area contributed by atoms with E-state index in [0.717, 1.165) is 33.5 Å². The lowest BCUT2D eigenvalue weighted by atomic mass is 10.2. The van der Waals surface area contributed by atoms with Crippen LogP contribution in [0.4, 0.5) is 0 Å². The number of hydrogen-bond donors (Lipinski definition) is 0. The molecule has 0 saturated heterocycles. The Morgan fingerprint density at radius 3 is 2.63 bits per heavy atom. The zero-order chi connectivity index (χ0) is 13.8. The smallest absolute Gasteiger partial charge is 0.203 e. The van der Waals surface area contributed by atoms with Crippen LogP contribution in [-0.2, 0) is 7.05 Å². The van der Waals surface area contributed by atoms with Gasteiger partial charge in [0.1, 0.15) is 5.01 Å². The van der Waals surface area contributed by atoms with Gasteiger partial charge in [-0.2, -0.15) is 5.10 Å². The first-order chi connectivity index (χ1) is 9.06. The van der Waals surface area contributed by atoms with Gasteiger partial charge in [0.05, 0.1) is 6.54 Å². The Bertz CT molecular complexity index is 598. The first kappa shape index (κ1) is 14.2. The molecule has 0 fully saturated rings. The maximum atomic E-state index is 5.89. The lowest BCUT2D eigenvalue weighted by molar-refractivity contribution is 0.418. The molecule has 4 nitrogen and oxygen atoms in total. The summed E-state index contributed by atoms with van der Waals surface area (Å²) in [6, 6.07) is 7.71. The van der Waals surface area contributed by atoms with Crippen molar-refractivity contribution in [1.82, 2.24) is 14.7 Å². The number of nitrogens with zero attached hydrogens (tertiary/aromatic N) is 4. The predicted octanol–water partition coefficient (Wildman–Crippen LogP) is 2.26. The summed E-state index contributed by atoms with van der Waals surface area (Å²) in [5.41, 5.74) is 1.07. The summed E-state index contributed by atoms with van der Waals surface area (Å²) >= 11 is 7.48. The number of benzene rings is 1. The van der Waals surface area contributed by atoms with E-state index in [1.807, 2.05) is 50.1 Å². The second kappa shape index (κ2) is 6.32. The average Bonchev–Trinajstić information content (AvgIpc) is 2.71. The van der Waals surface area contributed by atoms with Crippen LogP contribution in [0.1, 0.15) is 0 Å². The number of aryl methyl sites for hydroxylation is 1. The Morgan fingerprint density at radius 1 is 1.32 bits per heavy atom. The molecule has 0 bridgehead atoms. The van der Waals surface area contributed by atoms with Gasteiger partial charge in [-0.1, -0.05) is 35.1 Å². The third-order valence-corrected chi connectivity index (χ3v) is 3.93. The number of aromatic nitrogens is 2. The van der Waals surface area contributed by atoms with Gasteiger partial charge >= 0.3 is 0 Å². The Kier molecular flexibility index (Phi) is 4.74. The van der Waals surface area contributed by atoms with E-state index in [-0.39, 0.29) is 0 Å². The van der Waals surface area contributed by atoms with Gasteiger partial charge in [0.15, 0.2) is 0 Å². The Morgan fingerprint density at radius 2 is 2.00 bits per heavy atom. The van der Waals surface area contributed by atoms with Crippen LogP contribution in [0.25, 0.3) is 10.6 Å². The second-order valence-electron chi connectivity index (χ2n) is 4.51. The molecular weight excluding hydrogens is 280 g/mol. The summed E-state index contributed by atoms with van der Waals surface area (Å²) in [6.07, 6.45) is 0. The van der Waals surface area contributed by atoms with Gasteiger partial charge in [-0.05, 0) is 26.2 Å². The molecule has 0 amide bonds. The van der Waals surface area contributed by atoms with Gasteiger partial charge < -0.3 is 4.90 Å². The van der Waals surface area contributed by atoms with E-state index in [2.05, 4.69) is 15.0 Å². The molecule has 0 spiro atoms. The van der Waals surface area contributed by atoms with Crippen LogP contribution in [0.2, 0.25) is 5.02 Å². The van der Waals surface area contributed by atoms with Gasteiger partial charge in [0.2, 0.25) is 4.80 Å². The zero-order valence-electron chi connectivity index (χ0n) is 11.3. The summed E-state index contributed by atoms with van der Waals surface area (Å²) in [5.74, 6) is 0. The van der Waals surface area contributed by atoms with E-state index in [9.17, 15) is 0 Å². The highest BCUT2D eigenvalue weighted by Crippen LogP contribution is 2.21. The summed E-state index contributed by atoms with van der Waals surface area (Å²) in [5, 5.41) is 6.19. The minimum Gasteiger partial charge on any atom is -0.308 e. The molecule has 1 aromatic heterocycles. The number of halogens is 1. The third-order valence-electron chi connectivity index (χ3n) is 2.59. The monoisotopic (exact) mass is 296 g/mol. The molecule has 6 heteroatoms. The highest BCUT2D eigenvalue weighted by Gasteiger charge is 2.04. The number of hydrogen-bond acceptors (Lipinski definition) is 4. The molecule has 0 aliphatic carbocycles. The van der Waals surface area contributed by atoms with E-state index in [4.69, 9.17) is 11.6 Å². The van der Waals surface area contributed by atoms with Crippen molar-refractivity contribution in [3.8, 4) is 10.6 Å². The lowest BCUT2D eigenvalue weighted by Crippen LogP contribution is -2.19. The van der Waals surface area contributed by atoms with E-state index in [1.54, 1.807) is 11.3 Å². The van der Waals surface area contributed by atoms with Crippen molar-refractivity contribution in [3.05, 3.63) is 34.1 Å². The topological polar surface area (TPSA) is 33.4 Å². The van der Waals surface area contributed by atoms with Gasteiger partial charge in [0.25, 0.3) is 0 Å². The van der Waals surface area contributed by atoms with Crippen LogP contribution in [0.5, 0.6) is 0 Å². The summed E-state index contributed by atoms with van der Waals surface area (Å²) in [7, 11) is 6.01. The maximum absolute atomic E-state index is 5.89. The number of likely N-dealkylation sites (N-methyl/N-ethyl adjacent to an activating group) is 1. The molecule has 0 N–H and O–H groups in total. The molecule has 0 saturated carbocycles. The molecule has 0 aliphatic rings. The van der Waals surface area contributed by atoms with Crippen molar-refractivity contribution >= 4 is 22.9 Å². The minimum atomic E-state index is 0.737. The van der Waals surface area contributed by atoms with Crippen LogP contribution >= 0.6 is 22.9 Å². The Hall–Kier alpha value is -1.17. The van der Waals surface area contributed by atoms with Gasteiger partial charge in [0, 0.05) is 24.2 Å². The fourth-order valence-corrected chi connectivity index (χ4v) is 2.59. The largest absolute Gasteiger partial charge is 0.308 e. The van der Waals surface area contributed by atoms with Crippen LogP contribution in [0.3, 0.4) is 0 Å². The predicted molar refractivity (Wildman–Crippen MR) is 80.5 cm³/mol. The molecule has 0 unspecified atom stereocenters. The molecule has 2 rings (SSSR count). The normalized spacial score (nSPS) is 12.4. The van der Waals surface area contributed by atoms with Gasteiger partial charge in [-0.15, -0.1) is 0 Å². The third kappa shape index (κ3) is 3.89. The molecule has 1 heterocycles. The molecule has 1 aromatic carbocycles. The quantitative estimate of drug-likeness (QED) is 0.867. The van der Waals surface area contributed by atoms with Gasteiger partial charge in [-0.3, -0.25) is 4.99 Å². The minimum absolute atomic E-state index is 0.737. The summed E-state index contributed by atoms with van der Waals surface area (Å²) in [4.78, 5) is 7.61. The van der Waals surface area contributed by atoms with Crippen LogP contribution in [0, 0.1) is 0 Å². The molecule has 0 radical (unpaired) electrons. The number of rotatable bonds is 4. The fourth-order valence-electron chi connectivity index (χ4n) is 1.54. The SMILES string of the molecule is CN(C)CC/N=c1/sc(-c2ccc(Cl)cc2)nn1C. The van der Waals surface area contributed by atoms with Crippen LogP contribution in [0.15, 0.2) is 29.3 Å². The molecule has 0 atom stereocenters. The fraction of sp³-hybridized carbons (Fsp3) is 0.385. The Balaban J connectivity index is 2.23. The van der Waals surface area contributed by atoms with Crippen LogP contribution in [-0.4, -0.2) is 41.9 Å². The molecule has 2 aromatic rings. The highest BCUT2D eigenvalue weighted by atomic mass is 35.5. The van der Waals surface area contributed by atoms with E-state index >= 15 is 0 Å². The average molecular weight is 297 g/mol. The van der Waals surface area contributed by atoms with Crippen molar-refractivity contribution in [3.63, 3.8) is 0 Å². The van der Waals surface area contributed by atoms with Crippen molar-refractivity contribution in [2.75, 3.05) is 27.2 Å². The van der Waals surface area contributed by atoms with Crippen molar-refractivity contribution < 1.29 is 0 Å². The van der Waals surface area contributed by atoms with E-state index < -0.39 is 0 Å². The zero-order valence-corrected chi connectivity index (χ0v) is 12.9. The van der Waals surface area contributed by atoms with Crippen LogP contribution < -0.4 is 4.80 Å². The first-order valence-corrected chi connectivity index (χ1v) is 7.21. The Labute approximate surface area is 122 Å². The van der Waals surface area contributed by atoms with Gasteiger partial charge in [-0.25, -0.2) is 4.68 Å². The first-order valence-electron chi connectivity index (χ1n) is 6.01. The second-order valence-corrected chi connectivity index (χ2v) is 5.90. The summed E-state index contributed by atoms with van der Waals surface area (Å²) < 4.78 is 1.82. The van der Waals surface area contributed by atoms with Crippen molar-refractivity contribution in [2.24, 2.45) is 12.0 Å². The highest BCUT2D eigenvalue weighted by molar-refractivity contribution is 7.12. The summed E-state index contributed by atoms with van der Waals surface area (Å²) in [6.45, 7) is 1.72. The molecule has 0 aliphatic heterocycles.